The lowest BCUT2D eigenvalue weighted by atomic mass is 10.1. The Morgan fingerprint density at radius 3 is 2.65 bits per heavy atom. The van der Waals surface area contributed by atoms with Gasteiger partial charge in [-0.2, -0.15) is 13.2 Å². The molecule has 1 aromatic rings. The Kier molecular flexibility index (Phi) is 3.63. The zero-order valence-corrected chi connectivity index (χ0v) is 11.3. The number of rotatable bonds is 3. The SMILES string of the molecule is FC(F)(F)c1ccc2c(c1)CNC[C@H](CCC1CC1)N2. The lowest BCUT2D eigenvalue weighted by molar-refractivity contribution is -0.137. The summed E-state index contributed by atoms with van der Waals surface area (Å²) in [5.41, 5.74) is 0.967. The van der Waals surface area contributed by atoms with E-state index in [0.717, 1.165) is 30.6 Å². The number of hydrogen-bond donors (Lipinski definition) is 2. The maximum atomic E-state index is 12.7. The molecule has 0 amide bonds. The molecule has 1 saturated carbocycles. The summed E-state index contributed by atoms with van der Waals surface area (Å²) in [5, 5.41) is 6.64. The summed E-state index contributed by atoms with van der Waals surface area (Å²) in [6.07, 6.45) is 0.706. The van der Waals surface area contributed by atoms with Crippen LogP contribution in [0.3, 0.4) is 0 Å². The molecule has 0 bridgehead atoms. The second-order valence-corrected chi connectivity index (χ2v) is 5.86. The van der Waals surface area contributed by atoms with Gasteiger partial charge in [-0.25, -0.2) is 0 Å². The molecule has 1 aliphatic heterocycles. The second kappa shape index (κ2) is 5.28. The molecule has 3 rings (SSSR count). The first-order valence-electron chi connectivity index (χ1n) is 7.20. The van der Waals surface area contributed by atoms with Crippen molar-refractivity contribution in [3.63, 3.8) is 0 Å². The fraction of sp³-hybridized carbons (Fsp3) is 0.600. The molecule has 1 aromatic carbocycles. The summed E-state index contributed by atoms with van der Waals surface area (Å²) >= 11 is 0. The lowest BCUT2D eigenvalue weighted by Gasteiger charge is -2.18. The molecule has 1 heterocycles. The van der Waals surface area contributed by atoms with Gasteiger partial charge in [0.2, 0.25) is 0 Å². The maximum Gasteiger partial charge on any atom is 0.416 e. The molecule has 1 atom stereocenters. The van der Waals surface area contributed by atoms with Crippen molar-refractivity contribution >= 4 is 5.69 Å². The molecule has 2 aliphatic rings. The minimum Gasteiger partial charge on any atom is -0.381 e. The van der Waals surface area contributed by atoms with E-state index in [1.54, 1.807) is 6.07 Å². The van der Waals surface area contributed by atoms with Gasteiger partial charge in [0.25, 0.3) is 0 Å². The first kappa shape index (κ1) is 13.7. The number of hydrogen-bond acceptors (Lipinski definition) is 2. The van der Waals surface area contributed by atoms with Crippen LogP contribution in [0.2, 0.25) is 0 Å². The van der Waals surface area contributed by atoms with Crippen LogP contribution in [0, 0.1) is 5.92 Å². The van der Waals surface area contributed by atoms with E-state index in [4.69, 9.17) is 0 Å². The predicted octanol–water partition coefficient (Wildman–Crippen LogP) is 3.78. The van der Waals surface area contributed by atoms with E-state index in [1.807, 2.05) is 0 Å². The molecule has 0 saturated heterocycles. The summed E-state index contributed by atoms with van der Waals surface area (Å²) in [5.74, 6) is 0.882. The highest BCUT2D eigenvalue weighted by molar-refractivity contribution is 5.54. The van der Waals surface area contributed by atoms with Gasteiger partial charge in [-0.15, -0.1) is 0 Å². The van der Waals surface area contributed by atoms with Crippen LogP contribution < -0.4 is 10.6 Å². The van der Waals surface area contributed by atoms with Crippen LogP contribution >= 0.6 is 0 Å². The smallest absolute Gasteiger partial charge is 0.381 e. The fourth-order valence-corrected chi connectivity index (χ4v) is 2.73. The van der Waals surface area contributed by atoms with Crippen molar-refractivity contribution in [1.82, 2.24) is 5.32 Å². The zero-order valence-electron chi connectivity index (χ0n) is 11.3. The topological polar surface area (TPSA) is 24.1 Å². The molecule has 1 fully saturated rings. The normalized spacial score (nSPS) is 22.9. The minimum atomic E-state index is -4.27. The van der Waals surface area contributed by atoms with E-state index in [2.05, 4.69) is 10.6 Å². The van der Waals surface area contributed by atoms with Crippen molar-refractivity contribution in [2.24, 2.45) is 5.92 Å². The van der Waals surface area contributed by atoms with Crippen molar-refractivity contribution in [1.29, 1.82) is 0 Å². The standard InChI is InChI=1S/C15H19F3N2/c16-15(17,18)12-4-6-14-11(7-12)8-19-9-13(20-14)5-3-10-1-2-10/h4,6-7,10,13,19-20H,1-3,5,8-9H2/t13-/m0/s1. The van der Waals surface area contributed by atoms with Crippen LogP contribution in [0.4, 0.5) is 18.9 Å². The Morgan fingerprint density at radius 2 is 1.95 bits per heavy atom. The number of alkyl halides is 3. The molecule has 5 heteroatoms. The van der Waals surface area contributed by atoms with Gasteiger partial charge in [0.05, 0.1) is 5.56 Å². The van der Waals surface area contributed by atoms with E-state index in [0.29, 0.717) is 18.2 Å². The third kappa shape index (κ3) is 3.26. The molecular formula is C15H19F3N2. The Hall–Kier alpha value is -1.23. The van der Waals surface area contributed by atoms with E-state index in [1.165, 1.54) is 25.3 Å². The molecule has 2 nitrogen and oxygen atoms in total. The van der Waals surface area contributed by atoms with Crippen molar-refractivity contribution in [2.45, 2.75) is 44.4 Å². The van der Waals surface area contributed by atoms with Crippen LogP contribution in [0.15, 0.2) is 18.2 Å². The Morgan fingerprint density at radius 1 is 1.15 bits per heavy atom. The van der Waals surface area contributed by atoms with Gasteiger partial charge in [-0.05, 0) is 42.5 Å². The average molecular weight is 284 g/mol. The number of anilines is 1. The summed E-state index contributed by atoms with van der Waals surface area (Å²) in [6.45, 7) is 1.30. The second-order valence-electron chi connectivity index (χ2n) is 5.86. The molecule has 0 unspecified atom stereocenters. The van der Waals surface area contributed by atoms with Gasteiger partial charge in [-0.1, -0.05) is 12.8 Å². The number of benzene rings is 1. The molecule has 20 heavy (non-hydrogen) atoms. The monoisotopic (exact) mass is 284 g/mol. The molecular weight excluding hydrogens is 265 g/mol. The third-order valence-electron chi connectivity index (χ3n) is 4.12. The van der Waals surface area contributed by atoms with Crippen LogP contribution in [0.1, 0.15) is 36.8 Å². The van der Waals surface area contributed by atoms with Crippen LogP contribution in [-0.2, 0) is 12.7 Å². The van der Waals surface area contributed by atoms with Gasteiger partial charge >= 0.3 is 6.18 Å². The quantitative estimate of drug-likeness (QED) is 0.882. The number of halogens is 3. The highest BCUT2D eigenvalue weighted by atomic mass is 19.4. The highest BCUT2D eigenvalue weighted by Crippen LogP contribution is 2.35. The largest absolute Gasteiger partial charge is 0.416 e. The van der Waals surface area contributed by atoms with Crippen LogP contribution in [0.25, 0.3) is 0 Å². The maximum absolute atomic E-state index is 12.7. The summed E-state index contributed by atoms with van der Waals surface area (Å²) in [6, 6.07) is 4.29. The molecule has 1 aliphatic carbocycles. The van der Waals surface area contributed by atoms with Gasteiger partial charge in [-0.3, -0.25) is 0 Å². The fourth-order valence-electron chi connectivity index (χ4n) is 2.73. The van der Waals surface area contributed by atoms with Gasteiger partial charge in [0.15, 0.2) is 0 Å². The Bertz CT molecular complexity index is 480. The number of nitrogens with one attached hydrogen (secondary N) is 2. The molecule has 110 valence electrons. The van der Waals surface area contributed by atoms with E-state index in [-0.39, 0.29) is 0 Å². The van der Waals surface area contributed by atoms with Crippen LogP contribution in [0.5, 0.6) is 0 Å². The Labute approximate surface area is 116 Å². The first-order chi connectivity index (χ1) is 9.52. The summed E-state index contributed by atoms with van der Waals surface area (Å²) in [4.78, 5) is 0. The summed E-state index contributed by atoms with van der Waals surface area (Å²) < 4.78 is 38.1. The highest BCUT2D eigenvalue weighted by Gasteiger charge is 2.31. The van der Waals surface area contributed by atoms with Gasteiger partial charge in [0.1, 0.15) is 0 Å². The molecule has 2 N–H and O–H groups in total. The van der Waals surface area contributed by atoms with Crippen molar-refractivity contribution in [2.75, 3.05) is 11.9 Å². The van der Waals surface area contributed by atoms with Crippen molar-refractivity contribution in [3.05, 3.63) is 29.3 Å². The predicted molar refractivity (Wildman–Crippen MR) is 72.5 cm³/mol. The molecule has 0 spiro atoms. The van der Waals surface area contributed by atoms with E-state index < -0.39 is 11.7 Å². The van der Waals surface area contributed by atoms with Crippen molar-refractivity contribution < 1.29 is 13.2 Å². The van der Waals surface area contributed by atoms with Crippen LogP contribution in [-0.4, -0.2) is 12.6 Å². The molecule has 0 aromatic heterocycles. The average Bonchev–Trinajstić information content (AvgIpc) is 3.21. The molecule has 0 radical (unpaired) electrons. The third-order valence-corrected chi connectivity index (χ3v) is 4.12. The van der Waals surface area contributed by atoms with E-state index in [9.17, 15) is 13.2 Å². The van der Waals surface area contributed by atoms with Crippen molar-refractivity contribution in [3.8, 4) is 0 Å². The first-order valence-corrected chi connectivity index (χ1v) is 7.20. The Balaban J connectivity index is 1.71. The summed E-state index contributed by atoms with van der Waals surface area (Å²) in [7, 11) is 0. The van der Waals surface area contributed by atoms with Gasteiger partial charge < -0.3 is 10.6 Å². The van der Waals surface area contributed by atoms with E-state index >= 15 is 0 Å². The zero-order chi connectivity index (χ0) is 14.2. The number of fused-ring (bicyclic) bond motifs is 1. The minimum absolute atomic E-state index is 0.314. The lowest BCUT2D eigenvalue weighted by Crippen LogP contribution is -2.29. The van der Waals surface area contributed by atoms with Gasteiger partial charge in [0, 0.05) is 24.8 Å².